The van der Waals surface area contributed by atoms with Gasteiger partial charge in [0.1, 0.15) is 0 Å². The molecule has 0 spiro atoms. The molecule has 2 aromatic rings. The fraction of sp³-hybridized carbons (Fsp3) is 0.421. The lowest BCUT2D eigenvalue weighted by Crippen LogP contribution is -2.46. The Morgan fingerprint density at radius 2 is 1.96 bits per heavy atom. The van der Waals surface area contributed by atoms with Crippen molar-refractivity contribution in [2.45, 2.75) is 32.4 Å². The molecule has 2 aliphatic rings. The van der Waals surface area contributed by atoms with Crippen molar-refractivity contribution in [2.75, 3.05) is 6.54 Å². The number of carbonyl (C=O) groups is 1. The van der Waals surface area contributed by atoms with Gasteiger partial charge in [0, 0.05) is 22.8 Å². The highest BCUT2D eigenvalue weighted by Gasteiger charge is 2.41. The molecular weight excluding hydrogens is 368 g/mol. The fourth-order valence-electron chi connectivity index (χ4n) is 3.80. The van der Waals surface area contributed by atoms with E-state index in [1.54, 1.807) is 4.90 Å². The van der Waals surface area contributed by atoms with Gasteiger partial charge in [0.15, 0.2) is 0 Å². The summed E-state index contributed by atoms with van der Waals surface area (Å²) in [7, 11) is 0. The van der Waals surface area contributed by atoms with Crippen LogP contribution in [-0.4, -0.2) is 27.4 Å². The number of aromatic amines is 2. The van der Waals surface area contributed by atoms with Gasteiger partial charge in [-0.3, -0.25) is 9.78 Å². The van der Waals surface area contributed by atoms with Crippen molar-refractivity contribution in [1.29, 1.82) is 0 Å². The van der Waals surface area contributed by atoms with Crippen LogP contribution in [0.5, 0.6) is 0 Å². The van der Waals surface area contributed by atoms with E-state index in [2.05, 4.69) is 22.2 Å². The zero-order valence-electron chi connectivity index (χ0n) is 14.9. The highest BCUT2D eigenvalue weighted by molar-refractivity contribution is 6.30. The van der Waals surface area contributed by atoms with Crippen LogP contribution in [0.4, 0.5) is 4.79 Å². The number of benzene rings is 1. The lowest BCUT2D eigenvalue weighted by molar-refractivity contribution is 0.185. The van der Waals surface area contributed by atoms with Crippen LogP contribution in [0.1, 0.15) is 36.2 Å². The summed E-state index contributed by atoms with van der Waals surface area (Å²) in [5.74, 6) is 0.956. The van der Waals surface area contributed by atoms with Crippen LogP contribution in [0.3, 0.4) is 0 Å². The van der Waals surface area contributed by atoms with Gasteiger partial charge in [-0.2, -0.15) is 0 Å². The average Bonchev–Trinajstić information content (AvgIpc) is 3.36. The lowest BCUT2D eigenvalue weighted by Gasteiger charge is -2.30. The third-order valence-corrected chi connectivity index (χ3v) is 5.76. The van der Waals surface area contributed by atoms with Gasteiger partial charge in [-0.25, -0.2) is 9.59 Å². The number of urea groups is 1. The first-order chi connectivity index (χ1) is 12.9. The zero-order chi connectivity index (χ0) is 19.1. The molecule has 3 atom stereocenters. The van der Waals surface area contributed by atoms with Gasteiger partial charge in [0.05, 0.1) is 12.6 Å². The number of carbonyl (C=O) groups excluding carboxylic acids is 1. The summed E-state index contributed by atoms with van der Waals surface area (Å²) >= 11 is 5.99. The summed E-state index contributed by atoms with van der Waals surface area (Å²) in [6.07, 6.45) is 1.49. The molecule has 142 valence electrons. The summed E-state index contributed by atoms with van der Waals surface area (Å²) in [4.78, 5) is 42.8. The summed E-state index contributed by atoms with van der Waals surface area (Å²) in [6.45, 7) is 2.82. The van der Waals surface area contributed by atoms with Gasteiger partial charge in [0.25, 0.3) is 5.56 Å². The Balaban J connectivity index is 1.52. The normalized spacial score (nSPS) is 22.1. The smallest absolute Gasteiger partial charge is 0.325 e. The van der Waals surface area contributed by atoms with Gasteiger partial charge >= 0.3 is 11.7 Å². The van der Waals surface area contributed by atoms with Crippen LogP contribution in [-0.2, 0) is 13.0 Å². The van der Waals surface area contributed by atoms with Crippen LogP contribution in [0.2, 0.25) is 5.02 Å². The Hall–Kier alpha value is -2.54. The molecule has 3 N–H and O–H groups in total. The quantitative estimate of drug-likeness (QED) is 0.751. The second-order valence-corrected chi connectivity index (χ2v) is 7.83. The number of nitrogens with zero attached hydrogens (tertiary/aromatic N) is 1. The number of hydrogen-bond acceptors (Lipinski definition) is 3. The number of aromatic nitrogens is 2. The fourth-order valence-corrected chi connectivity index (χ4v) is 3.92. The molecule has 8 heteroatoms. The van der Waals surface area contributed by atoms with E-state index in [1.165, 1.54) is 0 Å². The van der Waals surface area contributed by atoms with E-state index in [-0.39, 0.29) is 24.2 Å². The molecule has 0 radical (unpaired) electrons. The second-order valence-electron chi connectivity index (χ2n) is 7.39. The van der Waals surface area contributed by atoms with Crippen molar-refractivity contribution < 1.29 is 4.79 Å². The number of nitrogens with one attached hydrogen (secondary N) is 3. The van der Waals surface area contributed by atoms with Crippen molar-refractivity contribution in [2.24, 2.45) is 11.8 Å². The summed E-state index contributed by atoms with van der Waals surface area (Å²) < 4.78 is 0. The number of fused-ring (bicyclic) bond motifs is 1. The predicted molar refractivity (Wildman–Crippen MR) is 102 cm³/mol. The highest BCUT2D eigenvalue weighted by Crippen LogP contribution is 2.47. The average molecular weight is 389 g/mol. The van der Waals surface area contributed by atoms with Crippen molar-refractivity contribution in [1.82, 2.24) is 20.2 Å². The summed E-state index contributed by atoms with van der Waals surface area (Å²) in [5, 5.41) is 3.80. The molecule has 7 nitrogen and oxygen atoms in total. The predicted octanol–water partition coefficient (Wildman–Crippen LogP) is 2.18. The molecule has 1 aliphatic heterocycles. The monoisotopic (exact) mass is 388 g/mol. The van der Waals surface area contributed by atoms with Gasteiger partial charge in [-0.15, -0.1) is 0 Å². The Morgan fingerprint density at radius 3 is 2.63 bits per heavy atom. The zero-order valence-corrected chi connectivity index (χ0v) is 15.7. The molecule has 4 rings (SSSR count). The van der Waals surface area contributed by atoms with E-state index in [0.29, 0.717) is 41.1 Å². The van der Waals surface area contributed by atoms with Crippen molar-refractivity contribution in [3.63, 3.8) is 0 Å². The minimum atomic E-state index is -0.549. The van der Waals surface area contributed by atoms with Crippen LogP contribution in [0.25, 0.3) is 0 Å². The molecular formula is C19H21ClN4O3. The first-order valence-corrected chi connectivity index (χ1v) is 9.45. The van der Waals surface area contributed by atoms with E-state index >= 15 is 0 Å². The lowest BCUT2D eigenvalue weighted by atomic mass is 10.0. The Morgan fingerprint density at radius 1 is 1.26 bits per heavy atom. The maximum absolute atomic E-state index is 12.9. The third-order valence-electron chi connectivity index (χ3n) is 5.51. The maximum Gasteiger partial charge on any atom is 0.325 e. The largest absolute Gasteiger partial charge is 0.331 e. The van der Waals surface area contributed by atoms with Crippen molar-refractivity contribution in [3.05, 3.63) is 66.9 Å². The van der Waals surface area contributed by atoms with E-state index < -0.39 is 5.69 Å². The number of H-pyrrole nitrogens is 2. The molecule has 3 unspecified atom stereocenters. The molecule has 27 heavy (non-hydrogen) atoms. The van der Waals surface area contributed by atoms with Crippen molar-refractivity contribution >= 4 is 17.6 Å². The Kier molecular flexibility index (Phi) is 4.55. The van der Waals surface area contributed by atoms with E-state index in [1.807, 2.05) is 24.3 Å². The number of halogens is 1. The minimum Gasteiger partial charge on any atom is -0.331 e. The number of rotatable bonds is 3. The van der Waals surface area contributed by atoms with Gasteiger partial charge < -0.3 is 15.2 Å². The molecule has 1 fully saturated rings. The van der Waals surface area contributed by atoms with Crippen LogP contribution in [0, 0.1) is 11.8 Å². The molecule has 0 saturated heterocycles. The maximum atomic E-state index is 12.9. The van der Waals surface area contributed by atoms with Gasteiger partial charge in [-0.1, -0.05) is 30.7 Å². The first kappa shape index (κ1) is 17.9. The van der Waals surface area contributed by atoms with Gasteiger partial charge in [-0.05, 0) is 42.4 Å². The molecule has 1 aliphatic carbocycles. The van der Waals surface area contributed by atoms with E-state index in [4.69, 9.17) is 11.6 Å². The van der Waals surface area contributed by atoms with E-state index in [9.17, 15) is 14.4 Å². The second kappa shape index (κ2) is 6.88. The molecule has 2 amide bonds. The molecule has 1 aromatic carbocycles. The Bertz CT molecular complexity index is 982. The molecule has 0 bridgehead atoms. The summed E-state index contributed by atoms with van der Waals surface area (Å²) in [5.41, 5.74) is 1.16. The molecule has 1 saturated carbocycles. The Labute approximate surface area is 160 Å². The third kappa shape index (κ3) is 3.64. The highest BCUT2D eigenvalue weighted by atomic mass is 35.5. The van der Waals surface area contributed by atoms with Crippen LogP contribution in [0.15, 0.2) is 33.9 Å². The van der Waals surface area contributed by atoms with Gasteiger partial charge in [0.2, 0.25) is 0 Å². The van der Waals surface area contributed by atoms with Crippen LogP contribution >= 0.6 is 11.6 Å². The standard InChI is InChI=1S/C19H21ClN4O3/c1-10-8-14(10)16(11-2-4-12(20)5-3-11)22-19(27)24-7-6-13-15(9-24)21-18(26)23-17(13)25/h2-5,10,14,16H,6-9H2,1H3,(H,22,27)(H2,21,23,25,26). The SMILES string of the molecule is CC1CC1C(NC(=O)N1CCc2c([nH]c(=O)[nH]c2=O)C1)c1ccc(Cl)cc1. The van der Waals surface area contributed by atoms with Crippen molar-refractivity contribution in [3.8, 4) is 0 Å². The molecule has 2 heterocycles. The number of amides is 2. The first-order valence-electron chi connectivity index (χ1n) is 9.07. The molecule has 1 aromatic heterocycles. The van der Waals surface area contributed by atoms with E-state index in [0.717, 1.165) is 12.0 Å². The summed E-state index contributed by atoms with van der Waals surface area (Å²) in [6, 6.07) is 7.28. The number of hydrogen-bond donors (Lipinski definition) is 3. The topological polar surface area (TPSA) is 98.1 Å². The minimum absolute atomic E-state index is 0.0793. The van der Waals surface area contributed by atoms with Crippen LogP contribution < -0.4 is 16.6 Å².